The van der Waals surface area contributed by atoms with Gasteiger partial charge in [-0.25, -0.2) is 43.6 Å². The number of carbonyl (C=O) groups excluding carboxylic acids is 5. The van der Waals surface area contributed by atoms with Crippen molar-refractivity contribution in [1.82, 2.24) is 0 Å². The normalized spacial score (nSPS) is 30.5. The molecule has 0 aromatic rings. The van der Waals surface area contributed by atoms with Crippen LogP contribution in [0.2, 0.25) is 0 Å². The minimum Gasteiger partial charge on any atom is -0.769 e. The maximum absolute atomic E-state index is 12.0. The predicted molar refractivity (Wildman–Crippen MR) is 425 cm³/mol. The van der Waals surface area contributed by atoms with Crippen LogP contribution in [0.4, 0.5) is 0 Å². The van der Waals surface area contributed by atoms with Crippen LogP contribution in [0.25, 0.3) is 0 Å². The quantitative estimate of drug-likeness (QED) is 0.00928. The molecule has 9 heterocycles. The fourth-order valence-electron chi connectivity index (χ4n) is 11.1. The van der Waals surface area contributed by atoms with Gasteiger partial charge in [0, 0.05) is 19.8 Å². The molecule has 9 fully saturated rings. The van der Waals surface area contributed by atoms with E-state index in [0.717, 1.165) is 6.29 Å². The average Bonchev–Trinajstić information content (AvgIpc) is 1.61. The number of carbonyl (C=O) groups is 5. The van der Waals surface area contributed by atoms with Crippen LogP contribution in [0.1, 0.15) is 174 Å². The molecule has 0 radical (unpaired) electrons. The van der Waals surface area contributed by atoms with Gasteiger partial charge in [0.25, 0.3) is 0 Å². The maximum atomic E-state index is 12.0. The third kappa shape index (κ3) is 41.7. The van der Waals surface area contributed by atoms with Crippen LogP contribution in [0.5, 0.6) is 0 Å². The van der Waals surface area contributed by atoms with Crippen molar-refractivity contribution in [3.05, 3.63) is 24.8 Å². The van der Waals surface area contributed by atoms with Crippen molar-refractivity contribution in [2.75, 3.05) is 100 Å². The average molecular weight is 1860 g/mol. The van der Waals surface area contributed by atoms with E-state index in [2.05, 4.69) is 25.0 Å². The minimum atomic E-state index is -4.28. The van der Waals surface area contributed by atoms with Crippen molar-refractivity contribution >= 4 is 63.8 Å². The molecule has 0 aromatic heterocycles. The second kappa shape index (κ2) is 54.9. The summed E-state index contributed by atoms with van der Waals surface area (Å²) in [6, 6.07) is 0. The van der Waals surface area contributed by atoms with Gasteiger partial charge in [0.05, 0.1) is 85.9 Å². The molecular formula is C76H140ClNaO43S2. The van der Waals surface area contributed by atoms with Crippen molar-refractivity contribution in [3.63, 3.8) is 0 Å². The monoisotopic (exact) mass is 1860 g/mol. The first-order valence-electron chi connectivity index (χ1n) is 38.5. The summed E-state index contributed by atoms with van der Waals surface area (Å²) >= 11 is 1.39. The van der Waals surface area contributed by atoms with Crippen molar-refractivity contribution in [2.45, 2.75) is 334 Å². The van der Waals surface area contributed by atoms with Gasteiger partial charge in [-0.1, -0.05) is 7.43 Å². The number of hydrogen-bond acceptors (Lipinski definition) is 43. The Morgan fingerprint density at radius 1 is 0.528 bits per heavy atom. The van der Waals surface area contributed by atoms with E-state index in [0.29, 0.717) is 25.4 Å². The molecule has 9 saturated heterocycles. The van der Waals surface area contributed by atoms with E-state index >= 15 is 0 Å². The molecule has 47 heteroatoms. The van der Waals surface area contributed by atoms with E-state index in [1.165, 1.54) is 20.8 Å². The molecule has 1 unspecified atom stereocenters. The third-order valence-electron chi connectivity index (χ3n) is 17.7. The second-order valence-corrected chi connectivity index (χ2v) is 33.3. The van der Waals surface area contributed by atoms with Gasteiger partial charge in [-0.2, -0.15) is 12.6 Å². The van der Waals surface area contributed by atoms with Gasteiger partial charge in [-0.15, -0.1) is 13.2 Å². The number of aliphatic hydroxyl groups is 10. The van der Waals surface area contributed by atoms with E-state index in [4.69, 9.17) is 147 Å². The number of aldehydes is 1. The molecule has 722 valence electrons. The topological polar surface area (TPSA) is 583 Å². The van der Waals surface area contributed by atoms with Crippen LogP contribution in [0.3, 0.4) is 0 Å². The fraction of sp³-hybridized carbons (Fsp3) is 0.882. The van der Waals surface area contributed by atoms with Crippen molar-refractivity contribution in [3.8, 4) is 0 Å². The Labute approximate surface area is 752 Å². The van der Waals surface area contributed by atoms with E-state index in [9.17, 15) is 57.0 Å². The van der Waals surface area contributed by atoms with Crippen molar-refractivity contribution in [1.29, 1.82) is 0 Å². The van der Waals surface area contributed by atoms with Gasteiger partial charge in [0.2, 0.25) is 11.2 Å². The molecular weight excluding hydrogens is 1720 g/mol. The summed E-state index contributed by atoms with van der Waals surface area (Å²) in [4.78, 5) is 56.9. The number of rotatable bonds is 24. The zero-order valence-corrected chi connectivity index (χ0v) is 79.5. The van der Waals surface area contributed by atoms with Crippen LogP contribution in [-0.2, 0) is 157 Å². The number of aliphatic hydroxyl groups excluding tert-OH is 9. The summed E-state index contributed by atoms with van der Waals surface area (Å²) < 4.78 is 167. The Morgan fingerprint density at radius 3 is 1.16 bits per heavy atom. The molecule has 20 atom stereocenters. The molecule has 0 aliphatic carbocycles. The Bertz CT molecular complexity index is 3210. The molecule has 0 bridgehead atoms. The molecule has 123 heavy (non-hydrogen) atoms. The van der Waals surface area contributed by atoms with Gasteiger partial charge >= 0.3 is 75.2 Å². The standard InChI is InChI=1S/C12H22O6.C11H18O8S.C11H18O7S.C11H20O6.C11H18O4.C6H14O6.C6H10O3.C5H12O2.C2H4.CH4.ClO.Na/c1-11(2)15-5-7(17-11)9(13)10(14)8-6-16-12(3,4)18-8;1-5-15-9(12)11(4)8(18-20(13,14)19-11)7-6-16-10(2,3)17-7;1-5-14-9(12)11(4)8(17-19(13)18-11)7-6-15-10(2,3)16-7;1-5-15-9(13)11(4,14)8(12)7-6-16-10(2,3)17-7;1-5-13-10(12)8(2)6-9-7-14-11(3,4)15-9;7-1-3(9)5(11)6(12)4(10)2-8;1-6(2)8-4-5(3-7)9-6;1-5(2,6-3)7-4;1-2;;1-2;/h7-10,13-14H,5-6H2,1-4H3;7-8H,5-6H2,1-4H3;7-8H,5-6H2,1-4H3;7-8,12,14H,5-6H2,1-4H3;6,9H,5,7H2,1-4H3;3-12H,1-2H2;3,5H,4H2,1-2H3;1-4H3;1-2H2;1H4;;/q;;;;;;;;;;-1;+1/b;;;;8-6+;;;;;;;/t7-,8-,9-,10-;7-,8-,11+;7-,8-,11+,19?;7-,8-,11+;9-;3-,4-,5-,6-;5-;;;;;/m1111010...../s1. The van der Waals surface area contributed by atoms with Crippen LogP contribution in [0.15, 0.2) is 24.8 Å². The van der Waals surface area contributed by atoms with Crippen LogP contribution in [0, 0.1) is 0 Å². The molecule has 0 aromatic carbocycles. The summed E-state index contributed by atoms with van der Waals surface area (Å²) in [5.74, 6) is -8.08. The number of esters is 4. The number of hydrogen-bond donors (Lipinski definition) is 10. The first-order chi connectivity index (χ1) is 55.5. The van der Waals surface area contributed by atoms with Gasteiger partial charge in [0.1, 0.15) is 97.7 Å². The molecule has 0 saturated carbocycles. The second-order valence-electron chi connectivity index (χ2n) is 31.3. The molecule has 0 amide bonds. The molecule has 9 aliphatic heterocycles. The fourth-order valence-corrected chi connectivity index (χ4v) is 13.2. The van der Waals surface area contributed by atoms with E-state index in [1.54, 1.807) is 138 Å². The number of halogens is 1. The first-order valence-corrected chi connectivity index (χ1v) is 41.1. The Hall–Kier alpha value is -2.82. The van der Waals surface area contributed by atoms with Gasteiger partial charge in [0.15, 0.2) is 58.2 Å². The molecule has 10 N–H and O–H groups in total. The van der Waals surface area contributed by atoms with Crippen molar-refractivity contribution < 1.29 is 233 Å². The predicted octanol–water partition coefficient (Wildman–Crippen LogP) is -2.25. The minimum absolute atomic E-state index is 0. The smallest absolute Gasteiger partial charge is 0.769 e. The van der Waals surface area contributed by atoms with Crippen LogP contribution < -0.4 is 34.2 Å². The summed E-state index contributed by atoms with van der Waals surface area (Å²) in [6.45, 7) is 47.9. The van der Waals surface area contributed by atoms with E-state index < -0.39 is 201 Å². The van der Waals surface area contributed by atoms with E-state index in [1.807, 2.05) is 27.7 Å². The Balaban J connectivity index is -0.00000135. The Morgan fingerprint density at radius 2 is 0.862 bits per heavy atom. The molecule has 9 aliphatic rings. The van der Waals surface area contributed by atoms with E-state index in [-0.39, 0.29) is 108 Å². The summed E-state index contributed by atoms with van der Waals surface area (Å²) in [7, 11) is -1.05. The molecule has 43 nitrogen and oxygen atoms in total. The SMILES string of the molecule is C.C=C.CC1(C)OC[C@H](C=O)O1.CC1(C)OC[C@H]([C@@H](O)[C@H](O)[C@H]2COC(C)(C)O2)O1.CCOC(=O)/C(C)=C/[C@H]1COC(C)(C)O1.CCOC(=O)[C@@](C)(O)[C@H](O)[C@H]1COC(C)(C)O1.CCOC(=O)[C@@]1(C)OS(=O)(=O)O[C@@H]1[C@H]1COC(C)(C)O1.CCOC(=O)[C@@]1(C)OS(=O)O[C@@H]1[C@H]1COC(C)(C)O1.COC(C)(C)OC.OC[C@@H](O)[C@@H](O)[C@H](O)[C@H](O)CO.[Na+].[O-]Cl. The van der Waals surface area contributed by atoms with Gasteiger partial charge < -0.3 is 155 Å². The maximum Gasteiger partial charge on any atom is 1.00 e. The Kier molecular flexibility index (Phi) is 55.5. The largest absolute Gasteiger partial charge is 1.00 e. The van der Waals surface area contributed by atoms with Crippen molar-refractivity contribution in [2.24, 2.45) is 0 Å². The van der Waals surface area contributed by atoms with Crippen LogP contribution in [-0.4, -0.2) is 355 Å². The molecule has 9 rings (SSSR count). The summed E-state index contributed by atoms with van der Waals surface area (Å²) in [5.41, 5.74) is -4.70. The zero-order chi connectivity index (χ0) is 94.3. The first kappa shape index (κ1) is 124. The third-order valence-corrected chi connectivity index (χ3v) is 19.5. The zero-order valence-electron chi connectivity index (χ0n) is 75.1. The summed E-state index contributed by atoms with van der Waals surface area (Å²) in [5, 5.41) is 92.3. The van der Waals surface area contributed by atoms with Gasteiger partial charge in [-0.05, 0) is 172 Å². The number of ether oxygens (including phenoxy) is 20. The van der Waals surface area contributed by atoms with Gasteiger partial charge in [-0.3, -0.25) is 4.18 Å². The number of methoxy groups -OCH3 is 2. The summed E-state index contributed by atoms with van der Waals surface area (Å²) in [6.07, 6.45) is -13.1. The van der Waals surface area contributed by atoms with Crippen LogP contribution >= 0.6 is 11.9 Å². The molecule has 0 spiro atoms.